The van der Waals surface area contributed by atoms with Crippen LogP contribution in [0.3, 0.4) is 0 Å². The first-order chi connectivity index (χ1) is 16.1. The summed E-state index contributed by atoms with van der Waals surface area (Å²) in [6, 6.07) is 15.5. The number of aromatic nitrogens is 3. The number of amides is 1. The van der Waals surface area contributed by atoms with Gasteiger partial charge in [-0.2, -0.15) is 4.57 Å². The van der Waals surface area contributed by atoms with E-state index < -0.39 is 0 Å². The zero-order valence-electron chi connectivity index (χ0n) is 17.9. The largest absolute Gasteiger partial charge is 0.330 e. The molecule has 3 N–H and O–H groups in total. The molecule has 0 bridgehead atoms. The van der Waals surface area contributed by atoms with Gasteiger partial charge in [0, 0.05) is 40.4 Å². The fourth-order valence-corrected chi connectivity index (χ4v) is 5.13. The van der Waals surface area contributed by atoms with Gasteiger partial charge in [0.1, 0.15) is 0 Å². The Balaban J connectivity index is 1.41. The van der Waals surface area contributed by atoms with Gasteiger partial charge in [0.25, 0.3) is 5.91 Å². The first kappa shape index (κ1) is 21.3. The van der Waals surface area contributed by atoms with Gasteiger partial charge >= 0.3 is 0 Å². The second-order valence-corrected chi connectivity index (χ2v) is 9.63. The highest BCUT2D eigenvalue weighted by molar-refractivity contribution is 7.73. The zero-order chi connectivity index (χ0) is 22.8. The van der Waals surface area contributed by atoms with Crippen molar-refractivity contribution in [3.63, 3.8) is 0 Å². The van der Waals surface area contributed by atoms with Crippen LogP contribution in [0.1, 0.15) is 34.5 Å². The summed E-state index contributed by atoms with van der Waals surface area (Å²) in [6.07, 6.45) is 10.2. The predicted molar refractivity (Wildman–Crippen MR) is 135 cm³/mol. The smallest absolute Gasteiger partial charge is 0.255 e. The van der Waals surface area contributed by atoms with E-state index in [0.29, 0.717) is 21.2 Å². The number of nitrogens with one attached hydrogen (secondary N) is 3. The molecule has 164 valence electrons. The number of benzene rings is 2. The molecule has 2 aromatic heterocycles. The van der Waals surface area contributed by atoms with Crippen LogP contribution in [0.2, 0.25) is 0 Å². The summed E-state index contributed by atoms with van der Waals surface area (Å²) in [6.45, 7) is 0.551. The second kappa shape index (κ2) is 9.14. The Morgan fingerprint density at radius 3 is 2.88 bits per heavy atom. The Hall–Kier alpha value is -3.54. The molecule has 1 amide bonds. The minimum absolute atomic E-state index is 0.179. The SMILES string of the molecule is C#CC[n+]1c2c(cc3cc(NC(=O)c4cccc(Nc5n[nH]c(=S)s5)c4)ccc31)CCCC2. The van der Waals surface area contributed by atoms with E-state index in [2.05, 4.69) is 37.4 Å². The van der Waals surface area contributed by atoms with Crippen LogP contribution in [-0.4, -0.2) is 16.1 Å². The lowest BCUT2D eigenvalue weighted by Crippen LogP contribution is -2.41. The number of hydrogen-bond acceptors (Lipinski definition) is 5. The Bertz CT molecular complexity index is 1460. The highest BCUT2D eigenvalue weighted by Gasteiger charge is 2.23. The quantitative estimate of drug-likeness (QED) is 0.213. The maximum atomic E-state index is 13.0. The molecule has 0 spiro atoms. The number of hydrogen-bond donors (Lipinski definition) is 3. The number of pyridine rings is 1. The Kier molecular flexibility index (Phi) is 5.90. The topological polar surface area (TPSA) is 73.7 Å². The number of nitrogens with zero attached hydrogens (tertiary/aromatic N) is 2. The summed E-state index contributed by atoms with van der Waals surface area (Å²) in [5.41, 5.74) is 5.85. The van der Waals surface area contributed by atoms with Gasteiger partial charge in [-0.05, 0) is 73.8 Å². The van der Waals surface area contributed by atoms with Crippen LogP contribution in [0.25, 0.3) is 10.9 Å². The monoisotopic (exact) mass is 472 g/mol. The summed E-state index contributed by atoms with van der Waals surface area (Å²) in [4.78, 5) is 13.0. The van der Waals surface area contributed by atoms with Gasteiger partial charge in [0.05, 0.1) is 0 Å². The summed E-state index contributed by atoms with van der Waals surface area (Å²) < 4.78 is 2.84. The second-order valence-electron chi connectivity index (χ2n) is 7.97. The maximum absolute atomic E-state index is 13.0. The molecule has 0 saturated heterocycles. The molecule has 0 saturated carbocycles. The zero-order valence-corrected chi connectivity index (χ0v) is 19.5. The summed E-state index contributed by atoms with van der Waals surface area (Å²) in [7, 11) is 0. The molecule has 6 nitrogen and oxygen atoms in total. The summed E-state index contributed by atoms with van der Waals surface area (Å²) >= 11 is 6.40. The molecular formula is C25H22N5OS2+. The number of carbonyl (C=O) groups excluding carboxylic acids is 1. The first-order valence-corrected chi connectivity index (χ1v) is 12.0. The van der Waals surface area contributed by atoms with Gasteiger partial charge in [-0.1, -0.05) is 17.4 Å². The minimum atomic E-state index is -0.179. The van der Waals surface area contributed by atoms with Crippen molar-refractivity contribution in [3.8, 4) is 12.3 Å². The normalized spacial score (nSPS) is 12.7. The molecule has 0 atom stereocenters. The number of aryl methyl sites for hydroxylation is 1. The van der Waals surface area contributed by atoms with E-state index in [-0.39, 0.29) is 5.91 Å². The van der Waals surface area contributed by atoms with E-state index in [1.165, 1.54) is 35.4 Å². The summed E-state index contributed by atoms with van der Waals surface area (Å²) in [5.74, 6) is 2.62. The van der Waals surface area contributed by atoms with Gasteiger partial charge in [0.15, 0.2) is 9.65 Å². The van der Waals surface area contributed by atoms with Crippen molar-refractivity contribution in [2.75, 3.05) is 10.6 Å². The van der Waals surface area contributed by atoms with Crippen LogP contribution in [0, 0.1) is 16.3 Å². The van der Waals surface area contributed by atoms with Crippen LogP contribution >= 0.6 is 23.6 Å². The molecule has 33 heavy (non-hydrogen) atoms. The third kappa shape index (κ3) is 4.51. The molecule has 8 heteroatoms. The predicted octanol–water partition coefficient (Wildman–Crippen LogP) is 5.15. The van der Waals surface area contributed by atoms with Crippen molar-refractivity contribution < 1.29 is 9.36 Å². The van der Waals surface area contributed by atoms with E-state index in [0.717, 1.165) is 35.1 Å². The van der Waals surface area contributed by atoms with Crippen molar-refractivity contribution in [1.82, 2.24) is 10.2 Å². The fraction of sp³-hybridized carbons (Fsp3) is 0.200. The lowest BCUT2D eigenvalue weighted by atomic mass is 9.94. The van der Waals surface area contributed by atoms with Gasteiger partial charge in [-0.25, -0.2) is 0 Å². The number of aromatic amines is 1. The molecule has 2 aromatic carbocycles. The minimum Gasteiger partial charge on any atom is -0.330 e. The average Bonchev–Trinajstić information content (AvgIpc) is 3.23. The van der Waals surface area contributed by atoms with Crippen molar-refractivity contribution >= 4 is 56.9 Å². The third-order valence-corrected chi connectivity index (χ3v) is 6.78. The summed E-state index contributed by atoms with van der Waals surface area (Å²) in [5, 5.41) is 14.8. The molecule has 0 aliphatic heterocycles. The highest BCUT2D eigenvalue weighted by Crippen LogP contribution is 2.26. The average molecular weight is 473 g/mol. The number of anilines is 3. The number of fused-ring (bicyclic) bond motifs is 2. The van der Waals surface area contributed by atoms with Crippen LogP contribution in [0.15, 0.2) is 48.5 Å². The van der Waals surface area contributed by atoms with E-state index >= 15 is 0 Å². The maximum Gasteiger partial charge on any atom is 0.255 e. The van der Waals surface area contributed by atoms with Crippen molar-refractivity contribution in [1.29, 1.82) is 0 Å². The number of rotatable bonds is 5. The van der Waals surface area contributed by atoms with E-state index in [4.69, 9.17) is 18.6 Å². The molecule has 1 aliphatic carbocycles. The van der Waals surface area contributed by atoms with Crippen molar-refractivity contribution in [2.24, 2.45) is 0 Å². The van der Waals surface area contributed by atoms with Crippen LogP contribution < -0.4 is 15.2 Å². The molecule has 2 heterocycles. The lowest BCUT2D eigenvalue weighted by molar-refractivity contribution is -0.667. The van der Waals surface area contributed by atoms with E-state index in [9.17, 15) is 4.79 Å². The first-order valence-electron chi connectivity index (χ1n) is 10.8. The molecule has 0 fully saturated rings. The molecular weight excluding hydrogens is 450 g/mol. The van der Waals surface area contributed by atoms with Gasteiger partial charge in [-0.3, -0.25) is 9.89 Å². The van der Waals surface area contributed by atoms with Gasteiger partial charge < -0.3 is 10.6 Å². The van der Waals surface area contributed by atoms with Gasteiger partial charge in [0.2, 0.25) is 17.2 Å². The number of terminal acetylenes is 1. The van der Waals surface area contributed by atoms with Crippen molar-refractivity contribution in [2.45, 2.75) is 32.2 Å². The standard InChI is InChI=1S/C25H21N5OS2/c1-2-12-30-21-9-4-3-6-16(21)13-18-15-20(10-11-22(18)30)26-23(31)17-7-5-8-19(14-17)27-24-28-29-25(32)33-24/h1,5,7-8,10-11,13-15H,3-4,6,9,12H2,(H2-,26,27,28,29,31,32)/p+1. The lowest BCUT2D eigenvalue weighted by Gasteiger charge is -2.16. The molecule has 1 aliphatic rings. The molecule has 0 unspecified atom stereocenters. The number of H-pyrrole nitrogens is 1. The highest BCUT2D eigenvalue weighted by atomic mass is 32.1. The van der Waals surface area contributed by atoms with Crippen LogP contribution in [0.5, 0.6) is 0 Å². The number of carbonyl (C=O) groups is 1. The van der Waals surface area contributed by atoms with Crippen LogP contribution in [-0.2, 0) is 19.4 Å². The van der Waals surface area contributed by atoms with Crippen LogP contribution in [0.4, 0.5) is 16.5 Å². The molecule has 0 radical (unpaired) electrons. The Labute approximate surface area is 200 Å². The molecule has 5 rings (SSSR count). The molecule has 4 aromatic rings. The Morgan fingerprint density at radius 2 is 2.06 bits per heavy atom. The van der Waals surface area contributed by atoms with Gasteiger partial charge in [-0.15, -0.1) is 11.5 Å². The Morgan fingerprint density at radius 1 is 1.18 bits per heavy atom. The third-order valence-electron chi connectivity index (χ3n) is 5.78. The van der Waals surface area contributed by atoms with E-state index in [1.54, 1.807) is 12.1 Å². The van der Waals surface area contributed by atoms with E-state index in [1.807, 2.05) is 30.3 Å². The fourth-order valence-electron chi connectivity index (χ4n) is 4.32. The van der Waals surface area contributed by atoms with Crippen molar-refractivity contribution in [3.05, 3.63) is 69.3 Å².